The van der Waals surface area contributed by atoms with E-state index in [0.29, 0.717) is 15.8 Å². The van der Waals surface area contributed by atoms with Gasteiger partial charge < -0.3 is 14.8 Å². The first kappa shape index (κ1) is 27.1. The molecule has 2 N–H and O–H groups in total. The van der Waals surface area contributed by atoms with E-state index in [1.165, 1.54) is 0 Å². The first-order chi connectivity index (χ1) is 19.7. The van der Waals surface area contributed by atoms with Gasteiger partial charge in [-0.2, -0.15) is 0 Å². The maximum absolute atomic E-state index is 13.6. The number of aromatic amines is 1. The average molecular weight is 632 g/mol. The van der Waals surface area contributed by atoms with Crippen LogP contribution in [-0.2, 0) is 21.0 Å². The van der Waals surface area contributed by atoms with E-state index in [9.17, 15) is 19.2 Å². The van der Waals surface area contributed by atoms with E-state index in [2.05, 4.69) is 4.98 Å². The van der Waals surface area contributed by atoms with Crippen LogP contribution in [0, 0.1) is 29.6 Å². The second-order valence-corrected chi connectivity index (χ2v) is 14.1. The van der Waals surface area contributed by atoms with Crippen LogP contribution in [0.3, 0.4) is 0 Å². The third kappa shape index (κ3) is 4.42. The SMILES string of the molecule is O=C(O)CCN1C(=O)C2C3CC(C2C1=O)C1C3Sc2[nH]c(=O)sc2[C@@H]1c1cc(Cl)ccc1OCc1cccc(Cl)c1. The zero-order chi connectivity index (χ0) is 28.6. The molecule has 6 unspecified atom stereocenters. The Morgan fingerprint density at radius 2 is 1.80 bits per heavy atom. The molecule has 2 saturated carbocycles. The van der Waals surface area contributed by atoms with E-state index in [1.807, 2.05) is 30.3 Å². The van der Waals surface area contributed by atoms with Crippen molar-refractivity contribution >= 4 is 64.1 Å². The van der Waals surface area contributed by atoms with Gasteiger partial charge in [0.25, 0.3) is 0 Å². The Hall–Kier alpha value is -2.79. The maximum Gasteiger partial charge on any atom is 0.305 e. The Labute approximate surface area is 253 Å². The van der Waals surface area contributed by atoms with Gasteiger partial charge in [0.05, 0.1) is 23.3 Å². The molecule has 212 valence electrons. The van der Waals surface area contributed by atoms with Crippen LogP contribution >= 0.6 is 46.3 Å². The summed E-state index contributed by atoms with van der Waals surface area (Å²) in [6.45, 7) is 0.172. The Kier molecular flexibility index (Phi) is 6.72. The highest BCUT2D eigenvalue weighted by atomic mass is 35.5. The molecule has 3 fully saturated rings. The number of carbonyl (C=O) groups is 3. The molecule has 2 amide bonds. The molecule has 2 aliphatic carbocycles. The molecule has 8 nitrogen and oxygen atoms in total. The van der Waals surface area contributed by atoms with Crippen LogP contribution in [0.25, 0.3) is 0 Å². The van der Waals surface area contributed by atoms with Gasteiger partial charge in [-0.25, -0.2) is 0 Å². The van der Waals surface area contributed by atoms with Crippen molar-refractivity contribution in [3.05, 3.63) is 78.2 Å². The van der Waals surface area contributed by atoms with E-state index in [4.69, 9.17) is 33.0 Å². The van der Waals surface area contributed by atoms with E-state index in [0.717, 1.165) is 43.7 Å². The lowest BCUT2D eigenvalue weighted by molar-refractivity contribution is -0.142. The topological polar surface area (TPSA) is 117 Å². The largest absolute Gasteiger partial charge is 0.489 e. The first-order valence-corrected chi connectivity index (χ1v) is 15.8. The molecule has 41 heavy (non-hydrogen) atoms. The fourth-order valence-electron chi connectivity index (χ4n) is 7.54. The fourth-order valence-corrected chi connectivity index (χ4v) is 10.8. The van der Waals surface area contributed by atoms with Crippen LogP contribution in [0.4, 0.5) is 0 Å². The lowest BCUT2D eigenvalue weighted by Gasteiger charge is -2.43. The number of halogens is 2. The van der Waals surface area contributed by atoms with Gasteiger partial charge in [0.15, 0.2) is 0 Å². The van der Waals surface area contributed by atoms with Crippen molar-refractivity contribution in [2.24, 2.45) is 29.6 Å². The molecule has 2 aromatic carbocycles. The van der Waals surface area contributed by atoms with Gasteiger partial charge >= 0.3 is 10.8 Å². The van der Waals surface area contributed by atoms with Crippen LogP contribution < -0.4 is 9.61 Å². The van der Waals surface area contributed by atoms with Gasteiger partial charge in [0.1, 0.15) is 12.4 Å². The van der Waals surface area contributed by atoms with Crippen molar-refractivity contribution in [1.82, 2.24) is 9.88 Å². The van der Waals surface area contributed by atoms with Gasteiger partial charge in [0, 0.05) is 38.2 Å². The summed E-state index contributed by atoms with van der Waals surface area (Å²) in [6.07, 6.45) is 0.460. The Balaban J connectivity index is 1.28. The predicted octanol–water partition coefficient (Wildman–Crippen LogP) is 5.27. The second-order valence-electron chi connectivity index (χ2n) is 11.0. The number of carboxylic acids is 1. The molecule has 0 spiro atoms. The van der Waals surface area contributed by atoms with Crippen LogP contribution in [0.15, 0.2) is 52.3 Å². The lowest BCUT2D eigenvalue weighted by atomic mass is 9.68. The molecule has 1 saturated heterocycles. The number of thiazole rings is 1. The fraction of sp³-hybridized carbons (Fsp3) is 0.379. The summed E-state index contributed by atoms with van der Waals surface area (Å²) in [5.41, 5.74) is 1.75. The number of amides is 2. The number of ether oxygens (including phenoxy) is 1. The van der Waals surface area contributed by atoms with Gasteiger partial charge in [-0.15, -0.1) is 11.8 Å². The monoisotopic (exact) mass is 630 g/mol. The molecule has 4 aliphatic rings. The zero-order valence-electron chi connectivity index (χ0n) is 21.4. The number of nitrogens with zero attached hydrogens (tertiary/aromatic N) is 1. The van der Waals surface area contributed by atoms with Gasteiger partial charge in [-0.05, 0) is 60.1 Å². The van der Waals surface area contributed by atoms with Crippen molar-refractivity contribution in [1.29, 1.82) is 0 Å². The summed E-state index contributed by atoms with van der Waals surface area (Å²) < 4.78 is 6.34. The maximum atomic E-state index is 13.6. The second kappa shape index (κ2) is 10.2. The first-order valence-electron chi connectivity index (χ1n) is 13.3. The normalized spacial score (nSPS) is 29.4. The molecule has 1 aromatic heterocycles. The smallest absolute Gasteiger partial charge is 0.305 e. The standard InChI is InChI=1S/C29H24Cl2N2O6S2/c30-13-3-1-2-12(8-13)11-39-18-5-4-14(31)9-15(18)20-21-16-10-17(24(21)40-26-25(20)41-29(38)32-26)23-22(16)27(36)33(28(23)37)7-6-19(34)35/h1-5,8-9,16-17,20-24H,6-7,10-11H2,(H,32,38)(H,34,35)/t16?,17?,20-,21?,22?,23?,24?/m1/s1. The van der Waals surface area contributed by atoms with E-state index in [1.54, 1.807) is 23.9 Å². The number of hydrogen-bond donors (Lipinski definition) is 2. The molecular formula is C29H24Cl2N2O6S2. The number of nitrogens with one attached hydrogen (secondary N) is 1. The van der Waals surface area contributed by atoms with Crippen molar-refractivity contribution in [2.75, 3.05) is 6.54 Å². The van der Waals surface area contributed by atoms with Crippen LogP contribution in [0.5, 0.6) is 5.75 Å². The van der Waals surface area contributed by atoms with Crippen molar-refractivity contribution in [3.8, 4) is 5.75 Å². The highest BCUT2D eigenvalue weighted by molar-refractivity contribution is 8.00. The minimum absolute atomic E-state index is 0.0000599. The highest BCUT2D eigenvalue weighted by Gasteiger charge is 2.69. The Morgan fingerprint density at radius 3 is 2.56 bits per heavy atom. The number of benzene rings is 2. The lowest BCUT2D eigenvalue weighted by Crippen LogP contribution is -2.42. The molecule has 12 heteroatoms. The molecule has 7 atom stereocenters. The third-order valence-electron chi connectivity index (χ3n) is 8.95. The number of aliphatic carboxylic acids is 1. The average Bonchev–Trinajstić information content (AvgIpc) is 3.66. The minimum Gasteiger partial charge on any atom is -0.489 e. The number of aromatic nitrogens is 1. The third-order valence-corrected chi connectivity index (χ3v) is 12.0. The summed E-state index contributed by atoms with van der Waals surface area (Å²) >= 11 is 15.5. The Morgan fingerprint density at radius 1 is 1.05 bits per heavy atom. The number of hydrogen-bond acceptors (Lipinski definition) is 7. The summed E-state index contributed by atoms with van der Waals surface area (Å²) in [6, 6.07) is 12.9. The molecule has 7 rings (SSSR count). The zero-order valence-corrected chi connectivity index (χ0v) is 24.6. The quantitative estimate of drug-likeness (QED) is 0.342. The highest BCUT2D eigenvalue weighted by Crippen LogP contribution is 2.69. The number of imide groups is 1. The summed E-state index contributed by atoms with van der Waals surface area (Å²) in [4.78, 5) is 55.7. The van der Waals surface area contributed by atoms with E-state index >= 15 is 0 Å². The van der Waals surface area contributed by atoms with Gasteiger partial charge in [0.2, 0.25) is 11.8 Å². The summed E-state index contributed by atoms with van der Waals surface area (Å²) in [5.74, 6) is -2.34. The van der Waals surface area contributed by atoms with Gasteiger partial charge in [-0.3, -0.25) is 24.1 Å². The minimum atomic E-state index is -1.05. The van der Waals surface area contributed by atoms with Gasteiger partial charge in [-0.1, -0.05) is 46.7 Å². The van der Waals surface area contributed by atoms with Crippen molar-refractivity contribution in [2.45, 2.75) is 35.6 Å². The number of thioether (sulfide) groups is 1. The molecular weight excluding hydrogens is 607 g/mol. The molecule has 0 radical (unpaired) electrons. The number of H-pyrrole nitrogens is 1. The van der Waals surface area contributed by atoms with E-state index in [-0.39, 0.29) is 65.2 Å². The number of fused-ring (bicyclic) bond motifs is 9. The molecule has 2 bridgehead atoms. The van der Waals surface area contributed by atoms with Crippen molar-refractivity contribution < 1.29 is 24.2 Å². The number of rotatable bonds is 7. The summed E-state index contributed by atoms with van der Waals surface area (Å²) in [5, 5.41) is 11.1. The van der Waals surface area contributed by atoms with E-state index < -0.39 is 17.8 Å². The predicted molar refractivity (Wildman–Crippen MR) is 155 cm³/mol. The number of likely N-dealkylation sites (tertiary alicyclic amines) is 1. The van der Waals surface area contributed by atoms with Crippen molar-refractivity contribution in [3.63, 3.8) is 0 Å². The molecule has 2 aliphatic heterocycles. The molecule has 3 heterocycles. The summed E-state index contributed by atoms with van der Waals surface area (Å²) in [7, 11) is 0. The van der Waals surface area contributed by atoms with Crippen LogP contribution in [-0.4, -0.2) is 44.6 Å². The Bertz CT molecular complexity index is 1660. The number of carbonyl (C=O) groups excluding carboxylic acids is 2. The molecule has 3 aromatic rings. The number of carboxylic acid groups (broad SMARTS) is 1. The van der Waals surface area contributed by atoms with Crippen LogP contribution in [0.1, 0.15) is 34.8 Å². The van der Waals surface area contributed by atoms with Crippen LogP contribution in [0.2, 0.25) is 10.0 Å².